The molecule has 2 aliphatic rings. The molecule has 0 saturated carbocycles. The van der Waals surface area contributed by atoms with Gasteiger partial charge in [-0.3, -0.25) is 0 Å². The number of alkyl halides is 1. The van der Waals surface area contributed by atoms with Crippen LogP contribution in [-0.4, -0.2) is 25.2 Å². The summed E-state index contributed by atoms with van der Waals surface area (Å²) in [6.07, 6.45) is 0.699. The van der Waals surface area contributed by atoms with Gasteiger partial charge in [-0.15, -0.1) is 11.6 Å². The first-order chi connectivity index (χ1) is 7.84. The van der Waals surface area contributed by atoms with Crippen molar-refractivity contribution in [2.75, 3.05) is 19.1 Å². The van der Waals surface area contributed by atoms with Gasteiger partial charge < -0.3 is 14.2 Å². The Bertz CT molecular complexity index is 396. The molecule has 2 heterocycles. The highest BCUT2D eigenvalue weighted by atomic mass is 35.5. The average Bonchev–Trinajstić information content (AvgIpc) is 2.74. The second kappa shape index (κ2) is 3.91. The Labute approximate surface area is 99.3 Å². The van der Waals surface area contributed by atoms with Crippen LogP contribution in [0.3, 0.4) is 0 Å². The van der Waals surface area contributed by atoms with Crippen molar-refractivity contribution in [2.45, 2.75) is 18.3 Å². The molecule has 4 heteroatoms. The van der Waals surface area contributed by atoms with Crippen LogP contribution in [0.15, 0.2) is 24.3 Å². The van der Waals surface area contributed by atoms with E-state index in [-0.39, 0.29) is 6.10 Å². The Morgan fingerprint density at radius 3 is 3.06 bits per heavy atom. The summed E-state index contributed by atoms with van der Waals surface area (Å²) in [6, 6.07) is 7.85. The molecular formula is C12H13ClO3. The number of para-hydroxylation sites is 1. The molecule has 0 radical (unpaired) electrons. The fraction of sp³-hybridized carbons (Fsp3) is 0.500. The summed E-state index contributed by atoms with van der Waals surface area (Å²) >= 11 is 5.80. The van der Waals surface area contributed by atoms with Crippen LogP contribution in [0, 0.1) is 0 Å². The van der Waals surface area contributed by atoms with Gasteiger partial charge in [-0.25, -0.2) is 0 Å². The van der Waals surface area contributed by atoms with Gasteiger partial charge in [0.25, 0.3) is 0 Å². The minimum atomic E-state index is -0.631. The maximum Gasteiger partial charge on any atom is 0.202 e. The third kappa shape index (κ3) is 1.51. The summed E-state index contributed by atoms with van der Waals surface area (Å²) in [5.74, 6) is 0.683. The van der Waals surface area contributed by atoms with Gasteiger partial charge in [-0.2, -0.15) is 0 Å². The Morgan fingerprint density at radius 2 is 2.25 bits per heavy atom. The molecule has 0 amide bonds. The van der Waals surface area contributed by atoms with E-state index in [0.717, 1.165) is 17.7 Å². The van der Waals surface area contributed by atoms with Crippen LogP contribution in [-0.2, 0) is 15.3 Å². The molecule has 1 spiro atoms. The number of hydrogen-bond acceptors (Lipinski definition) is 3. The Balaban J connectivity index is 1.98. The normalized spacial score (nSPS) is 32.4. The lowest BCUT2D eigenvalue weighted by atomic mass is 9.99. The molecule has 3 nitrogen and oxygen atoms in total. The first-order valence-electron chi connectivity index (χ1n) is 5.44. The largest absolute Gasteiger partial charge is 0.493 e. The molecule has 16 heavy (non-hydrogen) atoms. The highest BCUT2D eigenvalue weighted by Crippen LogP contribution is 2.44. The molecule has 0 bridgehead atoms. The van der Waals surface area contributed by atoms with Crippen LogP contribution in [0.4, 0.5) is 0 Å². The second-order valence-corrected chi connectivity index (χ2v) is 4.36. The van der Waals surface area contributed by atoms with Crippen molar-refractivity contribution in [1.82, 2.24) is 0 Å². The van der Waals surface area contributed by atoms with Gasteiger partial charge in [0.2, 0.25) is 5.79 Å². The third-order valence-electron chi connectivity index (χ3n) is 3.02. The smallest absolute Gasteiger partial charge is 0.202 e. The van der Waals surface area contributed by atoms with Crippen molar-refractivity contribution in [2.24, 2.45) is 0 Å². The number of benzene rings is 1. The molecule has 0 aromatic heterocycles. The minimum Gasteiger partial charge on any atom is -0.493 e. The fourth-order valence-electron chi connectivity index (χ4n) is 2.25. The number of halogens is 1. The van der Waals surface area contributed by atoms with Crippen LogP contribution in [0.2, 0.25) is 0 Å². The van der Waals surface area contributed by atoms with E-state index < -0.39 is 5.79 Å². The van der Waals surface area contributed by atoms with E-state index in [1.165, 1.54) is 0 Å². The average molecular weight is 241 g/mol. The highest BCUT2D eigenvalue weighted by Gasteiger charge is 2.46. The molecule has 1 aromatic rings. The van der Waals surface area contributed by atoms with E-state index in [1.807, 2.05) is 24.3 Å². The minimum absolute atomic E-state index is 0.0205. The van der Waals surface area contributed by atoms with Crippen LogP contribution >= 0.6 is 11.6 Å². The number of rotatable bonds is 1. The maximum atomic E-state index is 5.93. The summed E-state index contributed by atoms with van der Waals surface area (Å²) < 4.78 is 17.3. The van der Waals surface area contributed by atoms with Crippen molar-refractivity contribution >= 4 is 11.6 Å². The maximum absolute atomic E-state index is 5.93. The van der Waals surface area contributed by atoms with Gasteiger partial charge in [0.1, 0.15) is 5.75 Å². The second-order valence-electron chi connectivity index (χ2n) is 4.05. The Morgan fingerprint density at radius 1 is 1.38 bits per heavy atom. The lowest BCUT2D eigenvalue weighted by molar-refractivity contribution is -0.191. The lowest BCUT2D eigenvalue weighted by Gasteiger charge is -2.33. The van der Waals surface area contributed by atoms with Crippen molar-refractivity contribution < 1.29 is 14.2 Å². The van der Waals surface area contributed by atoms with Gasteiger partial charge in [-0.1, -0.05) is 12.1 Å². The van der Waals surface area contributed by atoms with E-state index in [4.69, 9.17) is 25.8 Å². The van der Waals surface area contributed by atoms with Gasteiger partial charge >= 0.3 is 0 Å². The van der Waals surface area contributed by atoms with E-state index in [2.05, 4.69) is 0 Å². The quantitative estimate of drug-likeness (QED) is 0.705. The van der Waals surface area contributed by atoms with Crippen LogP contribution in [0.5, 0.6) is 5.75 Å². The molecule has 2 aliphatic heterocycles. The van der Waals surface area contributed by atoms with Crippen molar-refractivity contribution in [3.63, 3.8) is 0 Å². The first kappa shape index (κ1) is 10.4. The summed E-state index contributed by atoms with van der Waals surface area (Å²) in [7, 11) is 0. The van der Waals surface area contributed by atoms with Crippen molar-refractivity contribution in [1.29, 1.82) is 0 Å². The zero-order chi connectivity index (χ0) is 11.0. The number of hydrogen-bond donors (Lipinski definition) is 0. The molecule has 86 valence electrons. The summed E-state index contributed by atoms with van der Waals surface area (Å²) in [4.78, 5) is 0. The van der Waals surface area contributed by atoms with Gasteiger partial charge in [0.05, 0.1) is 30.8 Å². The zero-order valence-corrected chi connectivity index (χ0v) is 9.57. The fourth-order valence-corrected chi connectivity index (χ4v) is 2.40. The van der Waals surface area contributed by atoms with Gasteiger partial charge in [0.15, 0.2) is 0 Å². The standard InChI is InChI=1S/C12H13ClO3/c13-7-9-8-15-12(16-9)5-6-14-11-4-2-1-3-10(11)12/h1-4,9H,5-8H2. The van der Waals surface area contributed by atoms with E-state index in [1.54, 1.807) is 0 Å². The molecule has 2 unspecified atom stereocenters. The monoisotopic (exact) mass is 240 g/mol. The highest BCUT2D eigenvalue weighted by molar-refractivity contribution is 6.18. The number of ether oxygens (including phenoxy) is 3. The van der Waals surface area contributed by atoms with Crippen molar-refractivity contribution in [3.8, 4) is 5.75 Å². The third-order valence-corrected chi connectivity index (χ3v) is 3.36. The predicted molar refractivity (Wildman–Crippen MR) is 59.8 cm³/mol. The molecule has 1 saturated heterocycles. The van der Waals surface area contributed by atoms with Gasteiger partial charge in [0, 0.05) is 6.42 Å². The number of fused-ring (bicyclic) bond motifs is 2. The van der Waals surface area contributed by atoms with Crippen LogP contribution in [0.1, 0.15) is 12.0 Å². The van der Waals surface area contributed by atoms with E-state index in [0.29, 0.717) is 19.1 Å². The lowest BCUT2D eigenvalue weighted by Crippen LogP contribution is -2.34. The molecule has 3 rings (SSSR count). The van der Waals surface area contributed by atoms with Crippen LogP contribution in [0.25, 0.3) is 0 Å². The SMILES string of the molecule is ClCC1COC2(CCOc3ccccc32)O1. The molecule has 2 atom stereocenters. The Hall–Kier alpha value is -0.770. The Kier molecular flexibility index (Phi) is 2.54. The topological polar surface area (TPSA) is 27.7 Å². The predicted octanol–water partition coefficient (Wildman–Crippen LogP) is 2.28. The first-order valence-corrected chi connectivity index (χ1v) is 5.97. The van der Waals surface area contributed by atoms with E-state index in [9.17, 15) is 0 Å². The molecule has 1 aromatic carbocycles. The van der Waals surface area contributed by atoms with E-state index >= 15 is 0 Å². The van der Waals surface area contributed by atoms with Crippen molar-refractivity contribution in [3.05, 3.63) is 29.8 Å². The van der Waals surface area contributed by atoms with Crippen LogP contribution < -0.4 is 4.74 Å². The summed E-state index contributed by atoms with van der Waals surface area (Å²) in [5.41, 5.74) is 0.980. The van der Waals surface area contributed by atoms with Gasteiger partial charge in [-0.05, 0) is 12.1 Å². The molecule has 0 N–H and O–H groups in total. The molecule has 1 fully saturated rings. The summed E-state index contributed by atoms with van der Waals surface area (Å²) in [6.45, 7) is 1.17. The molecular weight excluding hydrogens is 228 g/mol. The molecule has 0 aliphatic carbocycles. The zero-order valence-electron chi connectivity index (χ0n) is 8.82. The summed E-state index contributed by atoms with van der Waals surface area (Å²) in [5, 5.41) is 0.